The lowest BCUT2D eigenvalue weighted by atomic mass is 10.1. The van der Waals surface area contributed by atoms with Gasteiger partial charge in [-0.3, -0.25) is 9.69 Å². The van der Waals surface area contributed by atoms with Crippen molar-refractivity contribution in [2.24, 2.45) is 0 Å². The van der Waals surface area contributed by atoms with E-state index >= 15 is 0 Å². The summed E-state index contributed by atoms with van der Waals surface area (Å²) in [5.74, 6) is 2.43. The van der Waals surface area contributed by atoms with Crippen LogP contribution in [0, 0.1) is 6.92 Å². The molecule has 0 bridgehead atoms. The third-order valence-corrected chi connectivity index (χ3v) is 6.38. The molecule has 208 valence electrons. The number of aryl methyl sites for hydroxylation is 1. The number of carbonyl (C=O) groups is 2. The SMILES string of the molecule is COC(=O)CN(C(=O)Oc1ccc(OC)cc1)[C@@H](C)c1ccc(OCCc2nc(-c3ccccc3)oc2C)cc1. The third-order valence-electron chi connectivity index (χ3n) is 6.38. The second-order valence-corrected chi connectivity index (χ2v) is 8.98. The van der Waals surface area contributed by atoms with Gasteiger partial charge in [0, 0.05) is 12.0 Å². The summed E-state index contributed by atoms with van der Waals surface area (Å²) in [7, 11) is 2.82. The van der Waals surface area contributed by atoms with E-state index in [-0.39, 0.29) is 6.54 Å². The molecule has 0 saturated carbocycles. The Hall–Kier alpha value is -4.79. The minimum atomic E-state index is -0.679. The average Bonchev–Trinajstić information content (AvgIpc) is 3.36. The van der Waals surface area contributed by atoms with Gasteiger partial charge in [-0.2, -0.15) is 0 Å². The summed E-state index contributed by atoms with van der Waals surface area (Å²) < 4.78 is 27.2. The third kappa shape index (κ3) is 7.19. The topological polar surface area (TPSA) is 100 Å². The molecule has 4 aromatic rings. The Morgan fingerprint density at radius 3 is 2.20 bits per heavy atom. The van der Waals surface area contributed by atoms with Gasteiger partial charge in [-0.1, -0.05) is 30.3 Å². The number of aromatic nitrogens is 1. The highest BCUT2D eigenvalue weighted by Crippen LogP contribution is 2.26. The Labute approximate surface area is 233 Å². The second-order valence-electron chi connectivity index (χ2n) is 8.98. The molecule has 0 saturated heterocycles. The Balaban J connectivity index is 1.37. The van der Waals surface area contributed by atoms with Crippen molar-refractivity contribution >= 4 is 12.1 Å². The zero-order valence-corrected chi connectivity index (χ0v) is 23.0. The number of rotatable bonds is 11. The lowest BCUT2D eigenvalue weighted by Gasteiger charge is -2.27. The largest absolute Gasteiger partial charge is 0.497 e. The zero-order chi connectivity index (χ0) is 28.5. The first kappa shape index (κ1) is 28.2. The molecule has 0 radical (unpaired) electrons. The maximum atomic E-state index is 13.0. The number of amides is 1. The zero-order valence-electron chi connectivity index (χ0n) is 23.0. The fourth-order valence-corrected chi connectivity index (χ4v) is 4.02. The van der Waals surface area contributed by atoms with E-state index in [1.807, 2.05) is 68.4 Å². The van der Waals surface area contributed by atoms with Crippen molar-refractivity contribution in [3.63, 3.8) is 0 Å². The summed E-state index contributed by atoms with van der Waals surface area (Å²) in [4.78, 5) is 31.0. The molecule has 0 N–H and O–H groups in total. The Morgan fingerprint density at radius 1 is 0.900 bits per heavy atom. The molecular weight excluding hydrogens is 512 g/mol. The van der Waals surface area contributed by atoms with E-state index in [9.17, 15) is 9.59 Å². The van der Waals surface area contributed by atoms with Gasteiger partial charge >= 0.3 is 12.1 Å². The van der Waals surface area contributed by atoms with Crippen LogP contribution >= 0.6 is 0 Å². The van der Waals surface area contributed by atoms with Crippen LogP contribution in [0.5, 0.6) is 17.2 Å². The van der Waals surface area contributed by atoms with Crippen LogP contribution in [0.4, 0.5) is 4.79 Å². The van der Waals surface area contributed by atoms with Crippen LogP contribution in [0.25, 0.3) is 11.5 Å². The monoisotopic (exact) mass is 544 g/mol. The minimum absolute atomic E-state index is 0.271. The Kier molecular flexibility index (Phi) is 9.40. The molecule has 4 rings (SSSR count). The van der Waals surface area contributed by atoms with Crippen molar-refractivity contribution in [3.05, 3.63) is 95.9 Å². The molecule has 0 aliphatic rings. The van der Waals surface area contributed by atoms with Crippen molar-refractivity contribution in [2.75, 3.05) is 27.4 Å². The smallest absolute Gasteiger partial charge is 0.416 e. The summed E-state index contributed by atoms with van der Waals surface area (Å²) in [6, 6.07) is 23.2. The number of hydrogen-bond donors (Lipinski definition) is 0. The van der Waals surface area contributed by atoms with Gasteiger partial charge in [0.1, 0.15) is 29.6 Å². The summed E-state index contributed by atoms with van der Waals surface area (Å²) >= 11 is 0. The van der Waals surface area contributed by atoms with Crippen LogP contribution in [-0.2, 0) is 16.0 Å². The summed E-state index contributed by atoms with van der Waals surface area (Å²) in [5, 5.41) is 0. The minimum Gasteiger partial charge on any atom is -0.497 e. The number of methoxy groups -OCH3 is 2. The molecular formula is C31H32N2O7. The van der Waals surface area contributed by atoms with Gasteiger partial charge in [-0.25, -0.2) is 9.78 Å². The molecule has 0 aliphatic carbocycles. The average molecular weight is 545 g/mol. The number of hydrogen-bond acceptors (Lipinski definition) is 8. The molecule has 1 heterocycles. The standard InChI is InChI=1S/C31H32N2O7/c1-21(33(20-29(34)37-4)31(35)40-27-16-14-25(36-3)15-17-27)23-10-12-26(13-11-23)38-19-18-28-22(2)39-30(32-28)24-8-6-5-7-9-24/h5-17,21H,18-20H2,1-4H3/t21-/m0/s1. The number of nitrogens with zero attached hydrogens (tertiary/aromatic N) is 2. The quantitative estimate of drug-likeness (QED) is 0.212. The molecule has 1 amide bonds. The number of esters is 1. The second kappa shape index (κ2) is 13.3. The van der Waals surface area contributed by atoms with Gasteiger partial charge in [0.2, 0.25) is 5.89 Å². The molecule has 3 aromatic carbocycles. The lowest BCUT2D eigenvalue weighted by molar-refractivity contribution is -0.141. The summed E-state index contributed by atoms with van der Waals surface area (Å²) in [5.41, 5.74) is 2.57. The molecule has 0 fully saturated rings. The lowest BCUT2D eigenvalue weighted by Crippen LogP contribution is -2.40. The van der Waals surface area contributed by atoms with Crippen LogP contribution in [-0.4, -0.2) is 49.3 Å². The highest BCUT2D eigenvalue weighted by atomic mass is 16.6. The first-order chi connectivity index (χ1) is 19.4. The fraction of sp³-hybridized carbons (Fsp3) is 0.258. The molecule has 0 aliphatic heterocycles. The summed E-state index contributed by atoms with van der Waals surface area (Å²) in [6.07, 6.45) is -0.0917. The molecule has 1 aromatic heterocycles. The maximum Gasteiger partial charge on any atom is 0.416 e. The summed E-state index contributed by atoms with van der Waals surface area (Å²) in [6.45, 7) is 3.85. The van der Waals surface area contributed by atoms with E-state index in [0.29, 0.717) is 36.2 Å². The maximum absolute atomic E-state index is 13.0. The highest BCUT2D eigenvalue weighted by Gasteiger charge is 2.26. The van der Waals surface area contributed by atoms with Crippen LogP contribution in [0.2, 0.25) is 0 Å². The van der Waals surface area contributed by atoms with Gasteiger partial charge in [0.05, 0.1) is 32.6 Å². The van der Waals surface area contributed by atoms with Gasteiger partial charge in [0.15, 0.2) is 0 Å². The van der Waals surface area contributed by atoms with Gasteiger partial charge < -0.3 is 23.4 Å². The van der Waals surface area contributed by atoms with Crippen LogP contribution in [0.3, 0.4) is 0 Å². The number of oxazole rings is 1. The molecule has 0 unspecified atom stereocenters. The van der Waals surface area contributed by atoms with Gasteiger partial charge in [0.25, 0.3) is 0 Å². The van der Waals surface area contributed by atoms with Gasteiger partial charge in [-0.05, 0) is 67.9 Å². The first-order valence-corrected chi connectivity index (χ1v) is 12.8. The molecule has 0 spiro atoms. The van der Waals surface area contributed by atoms with E-state index in [2.05, 4.69) is 4.98 Å². The van der Waals surface area contributed by atoms with E-state index in [4.69, 9.17) is 23.4 Å². The molecule has 1 atom stereocenters. The van der Waals surface area contributed by atoms with Crippen molar-refractivity contribution in [1.82, 2.24) is 9.88 Å². The molecule has 9 heteroatoms. The van der Waals surface area contributed by atoms with Crippen LogP contribution < -0.4 is 14.2 Å². The molecule has 40 heavy (non-hydrogen) atoms. The van der Waals surface area contributed by atoms with Crippen LogP contribution in [0.15, 0.2) is 83.3 Å². The van der Waals surface area contributed by atoms with Crippen LogP contribution in [0.1, 0.15) is 30.0 Å². The number of ether oxygens (including phenoxy) is 4. The van der Waals surface area contributed by atoms with Crippen molar-refractivity contribution < 1.29 is 33.0 Å². The van der Waals surface area contributed by atoms with Gasteiger partial charge in [-0.15, -0.1) is 0 Å². The van der Waals surface area contributed by atoms with E-state index in [0.717, 1.165) is 22.6 Å². The van der Waals surface area contributed by atoms with Crippen molar-refractivity contribution in [1.29, 1.82) is 0 Å². The highest BCUT2D eigenvalue weighted by molar-refractivity contribution is 5.79. The van der Waals surface area contributed by atoms with E-state index in [1.165, 1.54) is 12.0 Å². The fourth-order valence-electron chi connectivity index (χ4n) is 4.02. The van der Waals surface area contributed by atoms with E-state index in [1.54, 1.807) is 31.4 Å². The predicted molar refractivity (Wildman–Crippen MR) is 148 cm³/mol. The molecule has 9 nitrogen and oxygen atoms in total. The normalized spacial score (nSPS) is 11.4. The Bertz CT molecular complexity index is 1400. The van der Waals surface area contributed by atoms with E-state index < -0.39 is 18.1 Å². The van der Waals surface area contributed by atoms with Crippen molar-refractivity contribution in [2.45, 2.75) is 26.3 Å². The predicted octanol–water partition coefficient (Wildman–Crippen LogP) is 6.02. The number of benzene rings is 3. The number of carbonyl (C=O) groups excluding carboxylic acids is 2. The van der Waals surface area contributed by atoms with Crippen molar-refractivity contribution in [3.8, 4) is 28.7 Å². The Morgan fingerprint density at radius 2 is 1.55 bits per heavy atom. The first-order valence-electron chi connectivity index (χ1n) is 12.8.